The topological polar surface area (TPSA) is 43.1 Å². The van der Waals surface area contributed by atoms with Gasteiger partial charge in [0.15, 0.2) is 0 Å². The number of hydrogen-bond acceptors (Lipinski definition) is 2. The molecule has 1 fully saturated rings. The van der Waals surface area contributed by atoms with Gasteiger partial charge < -0.3 is 0 Å². The molecule has 1 aromatic rings. The van der Waals surface area contributed by atoms with E-state index >= 15 is 0 Å². The monoisotopic (exact) mass is 257 g/mol. The standard InChI is InChI=1S/C16H19NO2/c1-3-10(4-2)15-12-8-9-13(15)16-11(12)6-5-7-14(16)17(18)19/h5-7,12-13H,3-4,8-9H2,1-2H3. The van der Waals surface area contributed by atoms with E-state index in [2.05, 4.69) is 19.9 Å². The smallest absolute Gasteiger partial charge is 0.258 e. The van der Waals surface area contributed by atoms with Crippen molar-refractivity contribution in [3.8, 4) is 0 Å². The minimum atomic E-state index is -0.214. The Balaban J connectivity index is 2.20. The molecule has 1 saturated carbocycles. The third kappa shape index (κ3) is 1.64. The third-order valence-electron chi connectivity index (χ3n) is 4.79. The molecule has 2 bridgehead atoms. The molecule has 0 heterocycles. The van der Waals surface area contributed by atoms with Gasteiger partial charge in [0.25, 0.3) is 5.69 Å². The Labute approximate surface area is 113 Å². The number of nitrogens with zero attached hydrogens (tertiary/aromatic N) is 1. The number of allylic oxidation sites excluding steroid dienone is 2. The van der Waals surface area contributed by atoms with Crippen LogP contribution in [0.2, 0.25) is 0 Å². The number of rotatable bonds is 3. The van der Waals surface area contributed by atoms with Crippen LogP contribution in [0.3, 0.4) is 0 Å². The second-order valence-corrected chi connectivity index (χ2v) is 5.49. The zero-order chi connectivity index (χ0) is 13.6. The van der Waals surface area contributed by atoms with E-state index in [9.17, 15) is 10.1 Å². The molecule has 2 atom stereocenters. The summed E-state index contributed by atoms with van der Waals surface area (Å²) in [5.74, 6) is 0.770. The van der Waals surface area contributed by atoms with Gasteiger partial charge in [-0.05, 0) is 31.2 Å². The summed E-state index contributed by atoms with van der Waals surface area (Å²) < 4.78 is 0. The summed E-state index contributed by atoms with van der Waals surface area (Å²) >= 11 is 0. The van der Waals surface area contributed by atoms with E-state index in [1.807, 2.05) is 6.07 Å². The fourth-order valence-corrected chi connectivity index (χ4v) is 4.07. The first kappa shape index (κ1) is 12.4. The second kappa shape index (κ2) is 4.48. The highest BCUT2D eigenvalue weighted by molar-refractivity contribution is 5.62. The van der Waals surface area contributed by atoms with Crippen molar-refractivity contribution >= 4 is 5.69 Å². The van der Waals surface area contributed by atoms with E-state index in [-0.39, 0.29) is 4.92 Å². The zero-order valence-electron chi connectivity index (χ0n) is 11.5. The molecule has 3 heteroatoms. The van der Waals surface area contributed by atoms with Crippen LogP contribution in [-0.2, 0) is 0 Å². The van der Waals surface area contributed by atoms with E-state index in [4.69, 9.17) is 0 Å². The van der Waals surface area contributed by atoms with Crippen LogP contribution in [0.1, 0.15) is 62.5 Å². The van der Waals surface area contributed by atoms with Crippen molar-refractivity contribution in [2.24, 2.45) is 0 Å². The lowest BCUT2D eigenvalue weighted by Crippen LogP contribution is -2.02. The minimum absolute atomic E-state index is 0.214. The molecule has 0 spiro atoms. The van der Waals surface area contributed by atoms with Crippen molar-refractivity contribution in [2.75, 3.05) is 0 Å². The summed E-state index contributed by atoms with van der Waals surface area (Å²) in [4.78, 5) is 11.0. The van der Waals surface area contributed by atoms with E-state index < -0.39 is 0 Å². The first-order valence-corrected chi connectivity index (χ1v) is 7.18. The molecule has 2 aliphatic rings. The second-order valence-electron chi connectivity index (χ2n) is 5.49. The molecular formula is C16H19NO2. The lowest BCUT2D eigenvalue weighted by molar-refractivity contribution is -0.385. The fourth-order valence-electron chi connectivity index (χ4n) is 4.07. The van der Waals surface area contributed by atoms with Crippen LogP contribution in [0.25, 0.3) is 0 Å². The summed E-state index contributed by atoms with van der Waals surface area (Å²) in [6.07, 6.45) is 4.39. The minimum Gasteiger partial charge on any atom is -0.258 e. The molecule has 2 aliphatic carbocycles. The van der Waals surface area contributed by atoms with Gasteiger partial charge in [0.05, 0.1) is 4.92 Å². The van der Waals surface area contributed by atoms with Gasteiger partial charge in [-0.1, -0.05) is 37.1 Å². The molecule has 1 aromatic carbocycles. The van der Waals surface area contributed by atoms with Gasteiger partial charge in [-0.15, -0.1) is 0 Å². The summed E-state index contributed by atoms with van der Waals surface area (Å²) in [5.41, 5.74) is 5.58. The number of benzene rings is 1. The summed E-state index contributed by atoms with van der Waals surface area (Å²) in [7, 11) is 0. The fraction of sp³-hybridized carbons (Fsp3) is 0.500. The van der Waals surface area contributed by atoms with Crippen molar-refractivity contribution in [3.63, 3.8) is 0 Å². The number of nitro benzene ring substituents is 1. The molecular weight excluding hydrogens is 238 g/mol. The number of hydrogen-bond donors (Lipinski definition) is 0. The molecule has 100 valence electrons. The van der Waals surface area contributed by atoms with Crippen LogP contribution in [-0.4, -0.2) is 4.92 Å². The first-order chi connectivity index (χ1) is 9.19. The average Bonchev–Trinajstić information content (AvgIpc) is 2.97. The van der Waals surface area contributed by atoms with Gasteiger partial charge in [0.1, 0.15) is 0 Å². The molecule has 0 N–H and O–H groups in total. The lowest BCUT2D eigenvalue weighted by Gasteiger charge is -2.13. The van der Waals surface area contributed by atoms with Crippen LogP contribution in [0.15, 0.2) is 29.3 Å². The van der Waals surface area contributed by atoms with E-state index in [1.165, 1.54) is 16.7 Å². The maximum atomic E-state index is 11.2. The maximum Gasteiger partial charge on any atom is 0.273 e. The highest BCUT2D eigenvalue weighted by Crippen LogP contribution is 2.60. The van der Waals surface area contributed by atoms with Crippen LogP contribution < -0.4 is 0 Å². The molecule has 0 aromatic heterocycles. The Hall–Kier alpha value is -1.64. The summed E-state index contributed by atoms with van der Waals surface area (Å²) in [5, 5.41) is 11.2. The van der Waals surface area contributed by atoms with E-state index in [0.717, 1.165) is 31.2 Å². The van der Waals surface area contributed by atoms with E-state index in [1.54, 1.807) is 6.07 Å². The summed E-state index contributed by atoms with van der Waals surface area (Å²) in [6, 6.07) is 5.59. The summed E-state index contributed by atoms with van der Waals surface area (Å²) in [6.45, 7) is 4.39. The predicted octanol–water partition coefficient (Wildman–Crippen LogP) is 4.69. The Morgan fingerprint density at radius 1 is 1.26 bits per heavy atom. The zero-order valence-corrected chi connectivity index (χ0v) is 11.5. The highest BCUT2D eigenvalue weighted by atomic mass is 16.6. The molecule has 3 rings (SSSR count). The average molecular weight is 257 g/mol. The van der Waals surface area contributed by atoms with Crippen molar-refractivity contribution in [3.05, 3.63) is 50.6 Å². The largest absolute Gasteiger partial charge is 0.273 e. The van der Waals surface area contributed by atoms with Crippen molar-refractivity contribution in [1.82, 2.24) is 0 Å². The van der Waals surface area contributed by atoms with Crippen LogP contribution in [0.4, 0.5) is 5.69 Å². The normalized spacial score (nSPS) is 23.6. The Bertz CT molecular complexity index is 568. The molecule has 0 radical (unpaired) electrons. The van der Waals surface area contributed by atoms with Crippen LogP contribution in [0, 0.1) is 10.1 Å². The lowest BCUT2D eigenvalue weighted by atomic mass is 9.90. The molecule has 3 nitrogen and oxygen atoms in total. The predicted molar refractivity (Wildman–Crippen MR) is 75.4 cm³/mol. The molecule has 2 unspecified atom stereocenters. The van der Waals surface area contributed by atoms with Crippen molar-refractivity contribution in [2.45, 2.75) is 51.4 Å². The molecule has 0 aliphatic heterocycles. The Morgan fingerprint density at radius 2 is 1.95 bits per heavy atom. The third-order valence-corrected chi connectivity index (χ3v) is 4.79. The van der Waals surface area contributed by atoms with Crippen molar-refractivity contribution in [1.29, 1.82) is 0 Å². The van der Waals surface area contributed by atoms with Gasteiger partial charge in [-0.2, -0.15) is 0 Å². The van der Waals surface area contributed by atoms with Crippen LogP contribution in [0.5, 0.6) is 0 Å². The van der Waals surface area contributed by atoms with Gasteiger partial charge in [-0.25, -0.2) is 0 Å². The Kier molecular flexibility index (Phi) is 2.92. The SMILES string of the molecule is CCC(CC)=C1C2CCC1c1c2cccc1[N+](=O)[O-]. The Morgan fingerprint density at radius 3 is 2.58 bits per heavy atom. The first-order valence-electron chi connectivity index (χ1n) is 7.18. The molecule has 0 saturated heterocycles. The molecule has 19 heavy (non-hydrogen) atoms. The number of fused-ring (bicyclic) bond motifs is 5. The molecule has 0 amide bonds. The quantitative estimate of drug-likeness (QED) is 0.448. The van der Waals surface area contributed by atoms with Crippen molar-refractivity contribution < 1.29 is 4.92 Å². The maximum absolute atomic E-state index is 11.2. The van der Waals surface area contributed by atoms with Gasteiger partial charge >= 0.3 is 0 Å². The number of nitro groups is 1. The highest BCUT2D eigenvalue weighted by Gasteiger charge is 2.45. The van der Waals surface area contributed by atoms with Gasteiger partial charge in [-0.3, -0.25) is 10.1 Å². The van der Waals surface area contributed by atoms with Gasteiger partial charge in [0.2, 0.25) is 0 Å². The van der Waals surface area contributed by atoms with E-state index in [0.29, 0.717) is 17.5 Å². The van der Waals surface area contributed by atoms with Gasteiger partial charge in [0, 0.05) is 23.5 Å². The van der Waals surface area contributed by atoms with Crippen LogP contribution >= 0.6 is 0 Å².